The molecule has 0 aromatic carbocycles. The van der Waals surface area contributed by atoms with Gasteiger partial charge in [-0.25, -0.2) is 0 Å². The van der Waals surface area contributed by atoms with E-state index < -0.39 is 0 Å². The van der Waals surface area contributed by atoms with Gasteiger partial charge in [-0.1, -0.05) is 13.8 Å². The molecule has 1 N–H and O–H groups in total. The molecule has 0 saturated carbocycles. The Morgan fingerprint density at radius 1 is 1.45 bits per heavy atom. The molecule has 1 fully saturated rings. The Balaban J connectivity index is 2.12. The number of likely N-dealkylation sites (N-methyl/N-ethyl adjacent to an activating group) is 1. The van der Waals surface area contributed by atoms with Crippen LogP contribution >= 0.6 is 0 Å². The zero-order chi connectivity index (χ0) is 14.5. The third-order valence-electron chi connectivity index (χ3n) is 4.36. The van der Waals surface area contributed by atoms with Crippen molar-refractivity contribution in [1.29, 1.82) is 0 Å². The Hall–Kier alpha value is -0.870. The molecule has 0 aliphatic carbocycles. The van der Waals surface area contributed by atoms with Crippen LogP contribution in [0.2, 0.25) is 0 Å². The van der Waals surface area contributed by atoms with Crippen molar-refractivity contribution in [2.45, 2.75) is 65.6 Å². The highest BCUT2D eigenvalue weighted by Gasteiger charge is 2.33. The number of aromatic nitrogens is 2. The standard InChI is InChI=1S/C16H29N3O/c1-5-16-14(8-9-20-16)15(17-6-2)11-13-10-12(4)18-19(13)7-3/h10,14-17H,5-9,11H2,1-4H3. The number of nitrogens with one attached hydrogen (secondary N) is 1. The molecule has 20 heavy (non-hydrogen) atoms. The van der Waals surface area contributed by atoms with Crippen molar-refractivity contribution in [3.63, 3.8) is 0 Å². The number of aryl methyl sites for hydroxylation is 2. The van der Waals surface area contributed by atoms with Crippen LogP contribution in [0.1, 0.15) is 45.0 Å². The maximum atomic E-state index is 5.88. The van der Waals surface area contributed by atoms with Crippen molar-refractivity contribution in [2.24, 2.45) is 5.92 Å². The summed E-state index contributed by atoms with van der Waals surface area (Å²) in [5, 5.41) is 8.24. The summed E-state index contributed by atoms with van der Waals surface area (Å²) in [6, 6.07) is 2.72. The molecule has 2 heterocycles. The number of nitrogens with zero attached hydrogens (tertiary/aromatic N) is 2. The summed E-state index contributed by atoms with van der Waals surface area (Å²) in [7, 11) is 0. The van der Waals surface area contributed by atoms with E-state index in [0.29, 0.717) is 18.1 Å². The molecule has 4 nitrogen and oxygen atoms in total. The van der Waals surface area contributed by atoms with Gasteiger partial charge in [0.05, 0.1) is 11.8 Å². The van der Waals surface area contributed by atoms with Gasteiger partial charge in [0.25, 0.3) is 0 Å². The van der Waals surface area contributed by atoms with Gasteiger partial charge in [-0.05, 0) is 39.3 Å². The van der Waals surface area contributed by atoms with Gasteiger partial charge in [-0.2, -0.15) is 5.10 Å². The van der Waals surface area contributed by atoms with Crippen molar-refractivity contribution >= 4 is 0 Å². The van der Waals surface area contributed by atoms with Crippen molar-refractivity contribution in [3.05, 3.63) is 17.5 Å². The predicted octanol–water partition coefficient (Wildman–Crippen LogP) is 2.55. The summed E-state index contributed by atoms with van der Waals surface area (Å²) in [6.45, 7) is 11.5. The van der Waals surface area contributed by atoms with E-state index in [0.717, 1.165) is 38.2 Å². The Kier molecular flexibility index (Phi) is 5.61. The average molecular weight is 279 g/mol. The van der Waals surface area contributed by atoms with Gasteiger partial charge in [-0.15, -0.1) is 0 Å². The van der Waals surface area contributed by atoms with Crippen LogP contribution in [0.4, 0.5) is 0 Å². The van der Waals surface area contributed by atoms with Crippen LogP contribution in [0, 0.1) is 12.8 Å². The first-order valence-corrected chi connectivity index (χ1v) is 8.07. The van der Waals surface area contributed by atoms with E-state index in [1.807, 2.05) is 0 Å². The van der Waals surface area contributed by atoms with Crippen LogP contribution in [0.15, 0.2) is 6.07 Å². The van der Waals surface area contributed by atoms with Crippen molar-refractivity contribution in [1.82, 2.24) is 15.1 Å². The minimum Gasteiger partial charge on any atom is -0.378 e. The van der Waals surface area contributed by atoms with Gasteiger partial charge in [0.1, 0.15) is 0 Å². The van der Waals surface area contributed by atoms with E-state index in [1.54, 1.807) is 0 Å². The van der Waals surface area contributed by atoms with Crippen LogP contribution in [0.25, 0.3) is 0 Å². The average Bonchev–Trinajstić information content (AvgIpc) is 3.04. The monoisotopic (exact) mass is 279 g/mol. The van der Waals surface area contributed by atoms with E-state index in [-0.39, 0.29) is 0 Å². The Bertz CT molecular complexity index is 416. The van der Waals surface area contributed by atoms with E-state index >= 15 is 0 Å². The molecule has 1 saturated heterocycles. The maximum absolute atomic E-state index is 5.88. The Morgan fingerprint density at radius 2 is 2.25 bits per heavy atom. The molecule has 1 aliphatic rings. The SMILES string of the molecule is CCNC(Cc1cc(C)nn1CC)C1CCOC1CC. The van der Waals surface area contributed by atoms with Gasteiger partial charge in [0.15, 0.2) is 0 Å². The highest BCUT2D eigenvalue weighted by molar-refractivity contribution is 5.11. The molecule has 3 unspecified atom stereocenters. The first kappa shape index (κ1) is 15.5. The molecule has 0 spiro atoms. The van der Waals surface area contributed by atoms with Crippen LogP contribution < -0.4 is 5.32 Å². The maximum Gasteiger partial charge on any atom is 0.0616 e. The fourth-order valence-electron chi connectivity index (χ4n) is 3.45. The lowest BCUT2D eigenvalue weighted by Gasteiger charge is -2.28. The number of hydrogen-bond acceptors (Lipinski definition) is 3. The molecule has 114 valence electrons. The lowest BCUT2D eigenvalue weighted by molar-refractivity contribution is 0.0774. The van der Waals surface area contributed by atoms with Crippen LogP contribution in [0.5, 0.6) is 0 Å². The second-order valence-electron chi connectivity index (χ2n) is 5.73. The molecule has 0 bridgehead atoms. The number of hydrogen-bond donors (Lipinski definition) is 1. The van der Waals surface area contributed by atoms with Gasteiger partial charge in [0, 0.05) is 37.2 Å². The normalized spacial score (nSPS) is 24.2. The van der Waals surface area contributed by atoms with E-state index in [2.05, 4.69) is 48.9 Å². The first-order valence-electron chi connectivity index (χ1n) is 8.07. The van der Waals surface area contributed by atoms with Gasteiger partial charge < -0.3 is 10.1 Å². The summed E-state index contributed by atoms with van der Waals surface area (Å²) in [5.41, 5.74) is 2.46. The van der Waals surface area contributed by atoms with Gasteiger partial charge in [0.2, 0.25) is 0 Å². The molecule has 1 aromatic rings. The third-order valence-corrected chi connectivity index (χ3v) is 4.36. The van der Waals surface area contributed by atoms with Gasteiger partial charge in [-0.3, -0.25) is 4.68 Å². The smallest absolute Gasteiger partial charge is 0.0616 e. The first-order chi connectivity index (χ1) is 9.69. The van der Waals surface area contributed by atoms with Crippen LogP contribution in [-0.2, 0) is 17.7 Å². The molecular formula is C16H29N3O. The van der Waals surface area contributed by atoms with Crippen molar-refractivity contribution < 1.29 is 4.74 Å². The van der Waals surface area contributed by atoms with Crippen molar-refractivity contribution in [3.8, 4) is 0 Å². The summed E-state index contributed by atoms with van der Waals surface area (Å²) >= 11 is 0. The van der Waals surface area contributed by atoms with Gasteiger partial charge >= 0.3 is 0 Å². The van der Waals surface area contributed by atoms with E-state index in [4.69, 9.17) is 4.74 Å². The van der Waals surface area contributed by atoms with Crippen LogP contribution in [-0.4, -0.2) is 35.1 Å². The summed E-state index contributed by atoms with van der Waals surface area (Å²) in [4.78, 5) is 0. The fraction of sp³-hybridized carbons (Fsp3) is 0.812. The Morgan fingerprint density at radius 3 is 2.90 bits per heavy atom. The van der Waals surface area contributed by atoms with E-state index in [9.17, 15) is 0 Å². The molecule has 2 rings (SSSR count). The largest absolute Gasteiger partial charge is 0.378 e. The molecule has 4 heteroatoms. The predicted molar refractivity (Wildman–Crippen MR) is 81.9 cm³/mol. The quantitative estimate of drug-likeness (QED) is 0.833. The molecule has 3 atom stereocenters. The third kappa shape index (κ3) is 3.41. The number of ether oxygens (including phenoxy) is 1. The highest BCUT2D eigenvalue weighted by Crippen LogP contribution is 2.28. The minimum absolute atomic E-state index is 0.415. The van der Waals surface area contributed by atoms with Crippen molar-refractivity contribution in [2.75, 3.05) is 13.2 Å². The molecule has 1 aromatic heterocycles. The Labute approximate surface area is 122 Å². The minimum atomic E-state index is 0.415. The zero-order valence-electron chi connectivity index (χ0n) is 13.4. The summed E-state index contributed by atoms with van der Waals surface area (Å²) < 4.78 is 8.01. The highest BCUT2D eigenvalue weighted by atomic mass is 16.5. The van der Waals surface area contributed by atoms with Crippen LogP contribution in [0.3, 0.4) is 0 Å². The lowest BCUT2D eigenvalue weighted by Crippen LogP contribution is -2.41. The zero-order valence-corrected chi connectivity index (χ0v) is 13.4. The summed E-state index contributed by atoms with van der Waals surface area (Å²) in [5.74, 6) is 0.625. The lowest BCUT2D eigenvalue weighted by atomic mass is 9.88. The molecule has 0 radical (unpaired) electrons. The molecular weight excluding hydrogens is 250 g/mol. The number of rotatable bonds is 7. The second kappa shape index (κ2) is 7.23. The summed E-state index contributed by atoms with van der Waals surface area (Å²) in [6.07, 6.45) is 3.75. The molecule has 1 aliphatic heterocycles. The topological polar surface area (TPSA) is 39.1 Å². The fourth-order valence-corrected chi connectivity index (χ4v) is 3.45. The second-order valence-corrected chi connectivity index (χ2v) is 5.73. The molecule has 0 amide bonds. The van der Waals surface area contributed by atoms with E-state index in [1.165, 1.54) is 12.1 Å².